The molecule has 29 heavy (non-hydrogen) atoms. The summed E-state index contributed by atoms with van der Waals surface area (Å²) in [6.45, 7) is -0.0143. The van der Waals surface area contributed by atoms with Crippen molar-refractivity contribution in [2.45, 2.75) is 6.42 Å². The average molecular weight is 413 g/mol. The number of rotatable bonds is 7. The first-order valence-electron chi connectivity index (χ1n) is 9.02. The third-order valence-electron chi connectivity index (χ3n) is 4.22. The van der Waals surface area contributed by atoms with Gasteiger partial charge < -0.3 is 15.7 Å². The van der Waals surface area contributed by atoms with Crippen LogP contribution in [0.25, 0.3) is 11.1 Å². The van der Waals surface area contributed by atoms with Crippen molar-refractivity contribution in [3.05, 3.63) is 71.0 Å². The highest BCUT2D eigenvalue weighted by atomic mass is 35.5. The van der Waals surface area contributed by atoms with Crippen LogP contribution in [0.3, 0.4) is 0 Å². The van der Waals surface area contributed by atoms with Crippen molar-refractivity contribution in [1.29, 1.82) is 0 Å². The van der Waals surface area contributed by atoms with Gasteiger partial charge in [0.05, 0.1) is 19.2 Å². The van der Waals surface area contributed by atoms with E-state index in [2.05, 4.69) is 15.7 Å². The topological polar surface area (TPSA) is 96.2 Å². The number of aryl methyl sites for hydroxylation is 1. The summed E-state index contributed by atoms with van der Waals surface area (Å²) in [4.78, 5) is 24.9. The van der Waals surface area contributed by atoms with E-state index in [0.29, 0.717) is 16.3 Å². The minimum Gasteiger partial charge on any atom is -0.395 e. The highest BCUT2D eigenvalue weighted by Gasteiger charge is 2.13. The summed E-state index contributed by atoms with van der Waals surface area (Å²) in [6, 6.07) is 12.2. The Morgan fingerprint density at radius 2 is 1.97 bits per heavy atom. The highest BCUT2D eigenvalue weighted by molar-refractivity contribution is 6.31. The van der Waals surface area contributed by atoms with Gasteiger partial charge in [-0.15, -0.1) is 0 Å². The molecule has 8 heteroatoms. The second kappa shape index (κ2) is 9.36. The Morgan fingerprint density at radius 1 is 1.17 bits per heavy atom. The van der Waals surface area contributed by atoms with E-state index in [0.717, 1.165) is 16.7 Å². The molecule has 3 N–H and O–H groups in total. The smallest absolute Gasteiger partial charge is 0.251 e. The fourth-order valence-electron chi connectivity index (χ4n) is 2.86. The molecular weight excluding hydrogens is 392 g/mol. The number of benzene rings is 2. The largest absolute Gasteiger partial charge is 0.395 e. The number of hydrogen-bond acceptors (Lipinski definition) is 4. The molecule has 0 saturated heterocycles. The van der Waals surface area contributed by atoms with Gasteiger partial charge in [0.25, 0.3) is 5.91 Å². The summed E-state index contributed by atoms with van der Waals surface area (Å²) < 4.78 is 1.66. The fraction of sp³-hybridized carbons (Fsp3) is 0.190. The second-order valence-electron chi connectivity index (χ2n) is 6.50. The number of aliphatic hydroxyl groups excluding tert-OH is 1. The Bertz CT molecular complexity index is 1030. The first-order chi connectivity index (χ1) is 14.0. The molecule has 2 amide bonds. The van der Waals surface area contributed by atoms with Crippen LogP contribution in [0.1, 0.15) is 15.9 Å². The van der Waals surface area contributed by atoms with Gasteiger partial charge in [0.1, 0.15) is 0 Å². The van der Waals surface area contributed by atoms with Gasteiger partial charge in [-0.2, -0.15) is 5.10 Å². The maximum atomic E-state index is 12.5. The standard InChI is InChI=1S/C21H21ClN4O3/c1-26-13-17(12-24-26)15-8-16(21(29)23-6-7-27)10-18(9-15)25-20(28)11-14-4-2-3-5-19(14)22/h2-5,8-10,12-13,27H,6-7,11H2,1H3,(H,23,29)(H,25,28). The van der Waals surface area contributed by atoms with Crippen LogP contribution >= 0.6 is 11.6 Å². The van der Waals surface area contributed by atoms with Crippen molar-refractivity contribution < 1.29 is 14.7 Å². The summed E-state index contributed by atoms with van der Waals surface area (Å²) in [6.07, 6.45) is 3.61. The molecule has 1 heterocycles. The lowest BCUT2D eigenvalue weighted by Crippen LogP contribution is -2.26. The van der Waals surface area contributed by atoms with E-state index in [4.69, 9.17) is 16.7 Å². The highest BCUT2D eigenvalue weighted by Crippen LogP contribution is 2.25. The number of amides is 2. The lowest BCUT2D eigenvalue weighted by Gasteiger charge is -2.11. The fourth-order valence-corrected chi connectivity index (χ4v) is 3.06. The molecular formula is C21H21ClN4O3. The summed E-state index contributed by atoms with van der Waals surface area (Å²) in [5.74, 6) is -0.588. The summed E-state index contributed by atoms with van der Waals surface area (Å²) in [5, 5.41) is 19.1. The Balaban J connectivity index is 1.87. The first-order valence-corrected chi connectivity index (χ1v) is 9.40. The predicted octanol–water partition coefficient (Wildman–Crippen LogP) is 2.64. The van der Waals surface area contributed by atoms with Gasteiger partial charge in [-0.3, -0.25) is 14.3 Å². The minimum absolute atomic E-state index is 0.114. The molecule has 0 bridgehead atoms. The Morgan fingerprint density at radius 3 is 2.66 bits per heavy atom. The van der Waals surface area contributed by atoms with Gasteiger partial charge in [-0.1, -0.05) is 29.8 Å². The monoisotopic (exact) mass is 412 g/mol. The molecule has 0 spiro atoms. The van der Waals surface area contributed by atoms with Crippen molar-refractivity contribution in [2.24, 2.45) is 7.05 Å². The number of nitrogens with zero attached hydrogens (tertiary/aromatic N) is 2. The van der Waals surface area contributed by atoms with Gasteiger partial charge >= 0.3 is 0 Å². The van der Waals surface area contributed by atoms with Crippen LogP contribution in [0, 0.1) is 0 Å². The van der Waals surface area contributed by atoms with Gasteiger partial charge in [-0.25, -0.2) is 0 Å². The summed E-state index contributed by atoms with van der Waals surface area (Å²) >= 11 is 6.13. The van der Waals surface area contributed by atoms with Crippen LogP contribution in [0.5, 0.6) is 0 Å². The molecule has 0 radical (unpaired) electrons. The van der Waals surface area contributed by atoms with Crippen LogP contribution in [-0.4, -0.2) is 39.9 Å². The quantitative estimate of drug-likeness (QED) is 0.555. The molecule has 0 unspecified atom stereocenters. The number of carbonyl (C=O) groups is 2. The van der Waals surface area contributed by atoms with E-state index >= 15 is 0 Å². The van der Waals surface area contributed by atoms with E-state index in [1.165, 1.54) is 0 Å². The third-order valence-corrected chi connectivity index (χ3v) is 4.59. The zero-order valence-electron chi connectivity index (χ0n) is 15.9. The van der Waals surface area contributed by atoms with E-state index in [1.807, 2.05) is 12.3 Å². The zero-order chi connectivity index (χ0) is 20.8. The summed E-state index contributed by atoms with van der Waals surface area (Å²) in [5.41, 5.74) is 3.12. The third kappa shape index (κ3) is 5.43. The molecule has 3 rings (SSSR count). The Hall–Kier alpha value is -3.16. The Labute approximate surface area is 173 Å². The molecule has 2 aromatic carbocycles. The minimum atomic E-state index is -0.341. The van der Waals surface area contributed by atoms with Crippen LogP contribution in [0.2, 0.25) is 5.02 Å². The molecule has 7 nitrogen and oxygen atoms in total. The molecule has 3 aromatic rings. The van der Waals surface area contributed by atoms with Crippen molar-refractivity contribution in [3.63, 3.8) is 0 Å². The first kappa shape index (κ1) is 20.6. The molecule has 0 fully saturated rings. The second-order valence-corrected chi connectivity index (χ2v) is 6.90. The molecule has 150 valence electrons. The zero-order valence-corrected chi connectivity index (χ0v) is 16.6. The number of aliphatic hydroxyl groups is 1. The van der Waals surface area contributed by atoms with Gasteiger partial charge in [0.2, 0.25) is 5.91 Å². The van der Waals surface area contributed by atoms with E-state index in [9.17, 15) is 9.59 Å². The number of carbonyl (C=O) groups excluding carboxylic acids is 2. The van der Waals surface area contributed by atoms with Crippen LogP contribution in [0.15, 0.2) is 54.9 Å². The molecule has 0 aliphatic carbocycles. The van der Waals surface area contributed by atoms with Crippen LogP contribution < -0.4 is 10.6 Å². The lowest BCUT2D eigenvalue weighted by molar-refractivity contribution is -0.115. The Kier molecular flexibility index (Phi) is 6.64. The number of hydrogen-bond donors (Lipinski definition) is 3. The molecule has 0 aliphatic rings. The van der Waals surface area contributed by atoms with Crippen molar-refractivity contribution in [3.8, 4) is 11.1 Å². The van der Waals surface area contributed by atoms with Crippen LogP contribution in [-0.2, 0) is 18.3 Å². The number of anilines is 1. The SMILES string of the molecule is Cn1cc(-c2cc(NC(=O)Cc3ccccc3Cl)cc(C(=O)NCCO)c2)cn1. The number of aromatic nitrogens is 2. The van der Waals surface area contributed by atoms with Gasteiger partial charge in [-0.05, 0) is 35.4 Å². The number of halogens is 1. The van der Waals surface area contributed by atoms with E-state index in [-0.39, 0.29) is 31.4 Å². The normalized spacial score (nSPS) is 10.6. The lowest BCUT2D eigenvalue weighted by atomic mass is 10.0. The van der Waals surface area contributed by atoms with Crippen LogP contribution in [0.4, 0.5) is 5.69 Å². The van der Waals surface area contributed by atoms with Crippen molar-refractivity contribution in [1.82, 2.24) is 15.1 Å². The maximum absolute atomic E-state index is 12.5. The molecule has 1 aromatic heterocycles. The van der Waals surface area contributed by atoms with Crippen molar-refractivity contribution >= 4 is 29.1 Å². The summed E-state index contributed by atoms with van der Waals surface area (Å²) in [7, 11) is 1.80. The van der Waals surface area contributed by atoms with E-state index in [1.54, 1.807) is 54.3 Å². The predicted molar refractivity (Wildman–Crippen MR) is 112 cm³/mol. The van der Waals surface area contributed by atoms with Gasteiger partial charge in [0, 0.05) is 41.6 Å². The number of nitrogens with one attached hydrogen (secondary N) is 2. The van der Waals surface area contributed by atoms with Gasteiger partial charge in [0.15, 0.2) is 0 Å². The molecule has 0 saturated carbocycles. The van der Waals surface area contributed by atoms with Crippen molar-refractivity contribution in [2.75, 3.05) is 18.5 Å². The van der Waals surface area contributed by atoms with E-state index < -0.39 is 0 Å². The molecule has 0 aliphatic heterocycles. The average Bonchev–Trinajstić information content (AvgIpc) is 3.14. The maximum Gasteiger partial charge on any atom is 0.251 e. The molecule has 0 atom stereocenters.